The van der Waals surface area contributed by atoms with Gasteiger partial charge < -0.3 is 4.90 Å². The molecular weight excluding hydrogens is 298 g/mol. The summed E-state index contributed by atoms with van der Waals surface area (Å²) in [7, 11) is 0. The second-order valence-corrected chi connectivity index (χ2v) is 6.30. The maximum absolute atomic E-state index is 12.2. The van der Waals surface area contributed by atoms with Gasteiger partial charge in [-0.3, -0.25) is 4.79 Å². The van der Waals surface area contributed by atoms with Crippen LogP contribution in [0.15, 0.2) is 17.5 Å². The first-order valence-corrected chi connectivity index (χ1v) is 8.19. The first-order chi connectivity index (χ1) is 8.31. The third-order valence-corrected chi connectivity index (χ3v) is 4.71. The largest absolute Gasteiger partial charge is 0.339 e. The van der Waals surface area contributed by atoms with Gasteiger partial charge in [0.25, 0.3) is 0 Å². The summed E-state index contributed by atoms with van der Waals surface area (Å²) < 4.78 is 0. The normalized spacial score (nSPS) is 19.8. The molecule has 2 nitrogen and oxygen atoms in total. The van der Waals surface area contributed by atoms with E-state index in [1.54, 1.807) is 11.3 Å². The predicted octanol–water partition coefficient (Wildman–Crippen LogP) is 3.46. The molecule has 0 radical (unpaired) electrons. The lowest BCUT2D eigenvalue weighted by atomic mass is 10.1. The molecule has 1 saturated heterocycles. The fourth-order valence-corrected chi connectivity index (χ4v) is 3.46. The van der Waals surface area contributed by atoms with E-state index in [1.165, 1.54) is 17.7 Å². The van der Waals surface area contributed by atoms with Gasteiger partial charge in [0, 0.05) is 22.8 Å². The van der Waals surface area contributed by atoms with Gasteiger partial charge in [-0.1, -0.05) is 22.0 Å². The number of carbonyl (C=O) groups is 1. The number of hydrogen-bond donors (Lipinski definition) is 0. The number of thiophene rings is 1. The Balaban J connectivity index is 1.89. The van der Waals surface area contributed by atoms with Crippen molar-refractivity contribution < 1.29 is 4.79 Å². The number of halogens is 1. The zero-order valence-electron chi connectivity index (χ0n) is 9.90. The Morgan fingerprint density at radius 3 is 3.18 bits per heavy atom. The number of hydrogen-bond acceptors (Lipinski definition) is 2. The van der Waals surface area contributed by atoms with Crippen molar-refractivity contribution in [3.8, 4) is 0 Å². The van der Waals surface area contributed by atoms with Gasteiger partial charge in [0.05, 0.1) is 6.42 Å². The fourth-order valence-electron chi connectivity index (χ4n) is 2.44. The molecule has 2 rings (SSSR count). The lowest BCUT2D eigenvalue weighted by Crippen LogP contribution is -2.36. The molecule has 0 spiro atoms. The van der Waals surface area contributed by atoms with Crippen molar-refractivity contribution in [1.82, 2.24) is 4.90 Å². The van der Waals surface area contributed by atoms with Crippen molar-refractivity contribution in [3.05, 3.63) is 22.4 Å². The highest BCUT2D eigenvalue weighted by Gasteiger charge is 2.27. The third kappa shape index (κ3) is 3.55. The summed E-state index contributed by atoms with van der Waals surface area (Å²) in [5.74, 6) is 0.310. The quantitative estimate of drug-likeness (QED) is 0.762. The van der Waals surface area contributed by atoms with Crippen molar-refractivity contribution in [1.29, 1.82) is 0 Å². The Labute approximate surface area is 115 Å². The zero-order chi connectivity index (χ0) is 12.1. The van der Waals surface area contributed by atoms with Gasteiger partial charge in [-0.2, -0.15) is 0 Å². The second kappa shape index (κ2) is 6.55. The van der Waals surface area contributed by atoms with Gasteiger partial charge in [-0.25, -0.2) is 0 Å². The first-order valence-electron chi connectivity index (χ1n) is 6.19. The molecule has 1 fully saturated rings. The molecule has 0 aromatic carbocycles. The van der Waals surface area contributed by atoms with E-state index in [2.05, 4.69) is 20.8 Å². The van der Waals surface area contributed by atoms with E-state index in [9.17, 15) is 4.79 Å². The molecule has 4 heteroatoms. The summed E-state index contributed by atoms with van der Waals surface area (Å²) in [5.41, 5.74) is 0. The van der Waals surface area contributed by atoms with Crippen molar-refractivity contribution in [2.24, 2.45) is 0 Å². The van der Waals surface area contributed by atoms with E-state index >= 15 is 0 Å². The maximum atomic E-state index is 12.2. The predicted molar refractivity (Wildman–Crippen MR) is 75.8 cm³/mol. The molecular formula is C13H18BrNOS. The van der Waals surface area contributed by atoms with Gasteiger partial charge in [0.15, 0.2) is 0 Å². The summed E-state index contributed by atoms with van der Waals surface area (Å²) in [5, 5.41) is 3.07. The number of amides is 1. The van der Waals surface area contributed by atoms with Crippen LogP contribution in [0.3, 0.4) is 0 Å². The molecule has 17 heavy (non-hydrogen) atoms. The lowest BCUT2D eigenvalue weighted by Gasteiger charge is -2.24. The minimum atomic E-state index is 0.310. The molecule has 1 aromatic rings. The highest BCUT2D eigenvalue weighted by atomic mass is 79.9. The van der Waals surface area contributed by atoms with Crippen LogP contribution < -0.4 is 0 Å². The van der Waals surface area contributed by atoms with E-state index in [4.69, 9.17) is 0 Å². The smallest absolute Gasteiger partial charge is 0.228 e. The molecule has 1 atom stereocenters. The number of likely N-dealkylation sites (tertiary alicyclic amines) is 1. The van der Waals surface area contributed by atoms with Crippen LogP contribution in [0.25, 0.3) is 0 Å². The Bertz CT molecular complexity index is 352. The molecule has 0 bridgehead atoms. The summed E-state index contributed by atoms with van der Waals surface area (Å²) in [6.45, 7) is 0.956. The van der Waals surface area contributed by atoms with Crippen LogP contribution in [0.5, 0.6) is 0 Å². The van der Waals surface area contributed by atoms with Gasteiger partial charge in [-0.05, 0) is 37.1 Å². The molecule has 1 aliphatic heterocycles. The highest BCUT2D eigenvalue weighted by Crippen LogP contribution is 2.23. The minimum Gasteiger partial charge on any atom is -0.339 e. The van der Waals surface area contributed by atoms with Crippen LogP contribution in [0.2, 0.25) is 0 Å². The average molecular weight is 316 g/mol. The summed E-state index contributed by atoms with van der Waals surface area (Å²) in [4.78, 5) is 15.5. The van der Waals surface area contributed by atoms with Gasteiger partial charge in [0.2, 0.25) is 5.91 Å². The molecule has 0 saturated carbocycles. The van der Waals surface area contributed by atoms with E-state index in [-0.39, 0.29) is 0 Å². The van der Waals surface area contributed by atoms with Crippen LogP contribution in [-0.2, 0) is 11.2 Å². The van der Waals surface area contributed by atoms with Crippen LogP contribution in [-0.4, -0.2) is 28.7 Å². The second-order valence-electron chi connectivity index (χ2n) is 4.47. The molecule has 94 valence electrons. The Morgan fingerprint density at radius 2 is 2.47 bits per heavy atom. The molecule has 1 unspecified atom stereocenters. The van der Waals surface area contributed by atoms with Crippen LogP contribution >= 0.6 is 27.3 Å². The number of nitrogens with zero attached hydrogens (tertiary/aromatic N) is 1. The van der Waals surface area contributed by atoms with Crippen molar-refractivity contribution in [2.75, 3.05) is 11.9 Å². The van der Waals surface area contributed by atoms with Crippen molar-refractivity contribution >= 4 is 33.2 Å². The van der Waals surface area contributed by atoms with Crippen LogP contribution in [0.1, 0.15) is 30.6 Å². The Morgan fingerprint density at radius 1 is 1.59 bits per heavy atom. The van der Waals surface area contributed by atoms with E-state index in [0.29, 0.717) is 18.4 Å². The summed E-state index contributed by atoms with van der Waals surface area (Å²) >= 11 is 5.13. The number of rotatable bonds is 5. The molecule has 1 aromatic heterocycles. The standard InChI is InChI=1S/C13H18BrNOS/c14-7-1-4-11-5-2-8-15(11)13(16)10-12-6-3-9-17-12/h3,6,9,11H,1-2,4-5,7-8,10H2. The summed E-state index contributed by atoms with van der Waals surface area (Å²) in [6.07, 6.45) is 5.24. The molecule has 1 aliphatic rings. The Kier molecular flexibility index (Phi) is 5.04. The Hall–Kier alpha value is -0.350. The highest BCUT2D eigenvalue weighted by molar-refractivity contribution is 9.09. The SMILES string of the molecule is O=C(Cc1cccs1)N1CCCC1CCCBr. The fraction of sp³-hybridized carbons (Fsp3) is 0.615. The molecule has 0 aliphatic carbocycles. The van der Waals surface area contributed by atoms with Gasteiger partial charge >= 0.3 is 0 Å². The van der Waals surface area contributed by atoms with Gasteiger partial charge in [0.1, 0.15) is 0 Å². The van der Waals surface area contributed by atoms with Crippen molar-refractivity contribution in [3.63, 3.8) is 0 Å². The number of alkyl halides is 1. The summed E-state index contributed by atoms with van der Waals surface area (Å²) in [6, 6.07) is 4.55. The van der Waals surface area contributed by atoms with E-state index in [1.807, 2.05) is 17.5 Å². The zero-order valence-corrected chi connectivity index (χ0v) is 12.3. The first kappa shape index (κ1) is 13.1. The topological polar surface area (TPSA) is 20.3 Å². The third-order valence-electron chi connectivity index (χ3n) is 3.27. The molecule has 1 amide bonds. The lowest BCUT2D eigenvalue weighted by molar-refractivity contribution is -0.131. The van der Waals surface area contributed by atoms with Gasteiger partial charge in [-0.15, -0.1) is 11.3 Å². The minimum absolute atomic E-state index is 0.310. The van der Waals surface area contributed by atoms with E-state index < -0.39 is 0 Å². The maximum Gasteiger partial charge on any atom is 0.228 e. The molecule has 0 N–H and O–H groups in total. The van der Waals surface area contributed by atoms with Crippen LogP contribution in [0, 0.1) is 0 Å². The van der Waals surface area contributed by atoms with Crippen molar-refractivity contribution in [2.45, 2.75) is 38.1 Å². The molecule has 2 heterocycles. The number of carbonyl (C=O) groups excluding carboxylic acids is 1. The van der Waals surface area contributed by atoms with Crippen LogP contribution in [0.4, 0.5) is 0 Å². The van der Waals surface area contributed by atoms with E-state index in [0.717, 1.165) is 24.7 Å². The monoisotopic (exact) mass is 315 g/mol. The average Bonchev–Trinajstić information content (AvgIpc) is 2.96.